The molecule has 0 aromatic heterocycles. The molecule has 0 fully saturated rings. The van der Waals surface area contributed by atoms with E-state index < -0.39 is 18.2 Å². The average molecular weight is 489 g/mol. The Balaban J connectivity index is 2.37. The second-order valence-electron chi connectivity index (χ2n) is 8.84. The van der Waals surface area contributed by atoms with Gasteiger partial charge < -0.3 is 18.8 Å². The topological polar surface area (TPSA) is 78.9 Å². The Labute approximate surface area is 203 Å². The Morgan fingerprint density at radius 3 is 1.38 bits per heavy atom. The van der Waals surface area contributed by atoms with Crippen molar-refractivity contribution in [2.24, 2.45) is 0 Å². The van der Waals surface area contributed by atoms with Gasteiger partial charge in [-0.05, 0) is 63.8 Å². The molecule has 0 N–H and O–H groups in total. The van der Waals surface area contributed by atoms with Crippen LogP contribution in [-0.2, 0) is 18.8 Å². The molecule has 0 atom stereocenters. The third-order valence-electron chi connectivity index (χ3n) is 5.79. The van der Waals surface area contributed by atoms with Gasteiger partial charge in [0.25, 0.3) is 0 Å². The summed E-state index contributed by atoms with van der Waals surface area (Å²) >= 11 is 0. The highest BCUT2D eigenvalue weighted by atomic mass is 31.2. The zero-order chi connectivity index (χ0) is 25.5. The highest BCUT2D eigenvalue weighted by Crippen LogP contribution is 2.53. The van der Waals surface area contributed by atoms with Gasteiger partial charge in [-0.2, -0.15) is 0 Å². The van der Waals surface area contributed by atoms with E-state index in [0.29, 0.717) is 30.9 Å². The van der Waals surface area contributed by atoms with Gasteiger partial charge in [-0.3, -0.25) is 9.59 Å². The molecule has 0 radical (unpaired) electrons. The van der Waals surface area contributed by atoms with Crippen LogP contribution >= 0.6 is 7.14 Å². The van der Waals surface area contributed by atoms with E-state index in [1.807, 2.05) is 65.8 Å². The molecule has 0 aliphatic carbocycles. The number of methoxy groups -OCH3 is 1. The number of carbonyl (C=O) groups excluding carboxylic acids is 2. The first-order valence-electron chi connectivity index (χ1n) is 11.5. The van der Waals surface area contributed by atoms with Crippen LogP contribution in [0.3, 0.4) is 0 Å². The second-order valence-corrected chi connectivity index (χ2v) is 11.6. The van der Waals surface area contributed by atoms with Crippen molar-refractivity contribution in [3.63, 3.8) is 0 Å². The van der Waals surface area contributed by atoms with Crippen LogP contribution in [0.2, 0.25) is 0 Å². The third-order valence-corrected chi connectivity index (χ3v) is 8.36. The van der Waals surface area contributed by atoms with Crippen LogP contribution in [0.1, 0.15) is 54.1 Å². The number of hydrogen-bond donors (Lipinski definition) is 0. The zero-order valence-corrected chi connectivity index (χ0v) is 22.3. The molecule has 2 rings (SSSR count). The fraction of sp³-hybridized carbons (Fsp3) is 0.481. The quantitative estimate of drug-likeness (QED) is 0.271. The molecular formula is C27H37O6P. The van der Waals surface area contributed by atoms with E-state index in [0.717, 1.165) is 33.4 Å². The van der Waals surface area contributed by atoms with Crippen molar-refractivity contribution in [2.45, 2.75) is 41.5 Å². The summed E-state index contributed by atoms with van der Waals surface area (Å²) in [6.45, 7) is 12.7. The Morgan fingerprint density at radius 2 is 1.00 bits per heavy atom. The summed E-state index contributed by atoms with van der Waals surface area (Å²) in [7, 11) is -2.42. The first-order valence-corrected chi connectivity index (χ1v) is 13.4. The lowest BCUT2D eigenvalue weighted by Crippen LogP contribution is -2.20. The molecule has 0 aliphatic rings. The minimum absolute atomic E-state index is 0.0241. The lowest BCUT2D eigenvalue weighted by molar-refractivity contribution is 0.0283. The van der Waals surface area contributed by atoms with Gasteiger partial charge in [-0.15, -0.1) is 0 Å². The standard InChI is InChI=1S/C27H37O6P/c1-18-14-20(3)24(21(4)15-18)26(28)34(30,13-12-33-11-10-32-9-8-31-7)27(29)25-22(5)16-19(2)17-23(25)6/h14-17H,8-13H2,1-7H3. The summed E-state index contributed by atoms with van der Waals surface area (Å²) in [5, 5.41) is 0. The van der Waals surface area contributed by atoms with Crippen LogP contribution in [0.15, 0.2) is 24.3 Å². The van der Waals surface area contributed by atoms with Crippen LogP contribution in [0.4, 0.5) is 0 Å². The molecule has 2 aromatic carbocycles. The summed E-state index contributed by atoms with van der Waals surface area (Å²) in [6, 6.07) is 7.52. The van der Waals surface area contributed by atoms with Crippen molar-refractivity contribution in [3.05, 3.63) is 68.8 Å². The van der Waals surface area contributed by atoms with Crippen molar-refractivity contribution in [1.82, 2.24) is 0 Å². The van der Waals surface area contributed by atoms with Gasteiger partial charge >= 0.3 is 0 Å². The second kappa shape index (κ2) is 12.6. The molecule has 7 heteroatoms. The van der Waals surface area contributed by atoms with Gasteiger partial charge in [0, 0.05) is 24.4 Å². The molecule has 0 heterocycles. The number of benzene rings is 2. The van der Waals surface area contributed by atoms with Crippen LogP contribution in [0.25, 0.3) is 0 Å². The minimum atomic E-state index is -4.01. The van der Waals surface area contributed by atoms with E-state index in [1.54, 1.807) is 7.11 Å². The Hall–Kier alpha value is -2.11. The third kappa shape index (κ3) is 6.73. The highest BCUT2D eigenvalue weighted by molar-refractivity contribution is 7.95. The first kappa shape index (κ1) is 28.1. The largest absolute Gasteiger partial charge is 0.382 e. The molecule has 34 heavy (non-hydrogen) atoms. The van der Waals surface area contributed by atoms with E-state index in [-0.39, 0.29) is 19.4 Å². The van der Waals surface area contributed by atoms with E-state index in [4.69, 9.17) is 14.2 Å². The summed E-state index contributed by atoms with van der Waals surface area (Å²) in [5.74, 6) is 0. The van der Waals surface area contributed by atoms with E-state index in [2.05, 4.69) is 0 Å². The maximum absolute atomic E-state index is 14.3. The first-order chi connectivity index (χ1) is 16.0. The number of aryl methyl sites for hydroxylation is 6. The van der Waals surface area contributed by atoms with Crippen LogP contribution in [0.5, 0.6) is 0 Å². The molecule has 0 saturated carbocycles. The van der Waals surface area contributed by atoms with Gasteiger partial charge in [0.15, 0.2) is 0 Å². The summed E-state index contributed by atoms with van der Waals surface area (Å²) in [4.78, 5) is 27.6. The van der Waals surface area contributed by atoms with Crippen molar-refractivity contribution in [3.8, 4) is 0 Å². The number of ether oxygens (including phenoxy) is 3. The predicted octanol–water partition coefficient (Wildman–Crippen LogP) is 5.56. The van der Waals surface area contributed by atoms with E-state index >= 15 is 0 Å². The average Bonchev–Trinajstić information content (AvgIpc) is 2.73. The Morgan fingerprint density at radius 1 is 0.647 bits per heavy atom. The molecule has 186 valence electrons. The predicted molar refractivity (Wildman–Crippen MR) is 136 cm³/mol. The van der Waals surface area contributed by atoms with Crippen molar-refractivity contribution in [2.75, 3.05) is 46.3 Å². The van der Waals surface area contributed by atoms with Crippen molar-refractivity contribution >= 4 is 18.2 Å². The fourth-order valence-corrected chi connectivity index (χ4v) is 6.75. The Bertz CT molecular complexity index is 969. The van der Waals surface area contributed by atoms with Crippen molar-refractivity contribution < 1.29 is 28.4 Å². The van der Waals surface area contributed by atoms with Crippen LogP contribution in [0, 0.1) is 41.5 Å². The van der Waals surface area contributed by atoms with E-state index in [9.17, 15) is 14.2 Å². The monoisotopic (exact) mass is 488 g/mol. The summed E-state index contributed by atoms with van der Waals surface area (Å²) < 4.78 is 30.2. The van der Waals surface area contributed by atoms with Gasteiger partial charge in [0.2, 0.25) is 18.2 Å². The fourth-order valence-electron chi connectivity index (χ4n) is 4.35. The molecule has 0 bridgehead atoms. The minimum Gasteiger partial charge on any atom is -0.382 e. The van der Waals surface area contributed by atoms with Crippen molar-refractivity contribution in [1.29, 1.82) is 0 Å². The van der Waals surface area contributed by atoms with Gasteiger partial charge in [0.05, 0.1) is 33.0 Å². The highest BCUT2D eigenvalue weighted by Gasteiger charge is 2.42. The van der Waals surface area contributed by atoms with E-state index in [1.165, 1.54) is 0 Å². The molecule has 0 aliphatic heterocycles. The zero-order valence-electron chi connectivity index (χ0n) is 21.4. The molecule has 2 aromatic rings. The summed E-state index contributed by atoms with van der Waals surface area (Å²) in [5.41, 5.74) is 4.46. The number of rotatable bonds is 13. The summed E-state index contributed by atoms with van der Waals surface area (Å²) in [6.07, 6.45) is -0.151. The molecule has 6 nitrogen and oxygen atoms in total. The lowest BCUT2D eigenvalue weighted by atomic mass is 10.0. The smallest absolute Gasteiger partial charge is 0.229 e. The molecule has 0 amide bonds. The van der Waals surface area contributed by atoms with Gasteiger partial charge in [-0.1, -0.05) is 35.4 Å². The van der Waals surface area contributed by atoms with Crippen LogP contribution in [-0.4, -0.2) is 57.4 Å². The number of carbonyl (C=O) groups is 2. The SMILES string of the molecule is COCCOCCOCCP(=O)(C(=O)c1c(C)cc(C)cc1C)C(=O)c1c(C)cc(C)cc1C. The van der Waals surface area contributed by atoms with Gasteiger partial charge in [0.1, 0.15) is 0 Å². The maximum atomic E-state index is 14.3. The normalized spacial score (nSPS) is 11.6. The molecular weight excluding hydrogens is 451 g/mol. The van der Waals surface area contributed by atoms with Gasteiger partial charge in [-0.25, -0.2) is 0 Å². The maximum Gasteiger partial charge on any atom is 0.229 e. The lowest BCUT2D eigenvalue weighted by Gasteiger charge is -2.21. The molecule has 0 spiro atoms. The number of hydrogen-bond acceptors (Lipinski definition) is 6. The Kier molecular flexibility index (Phi) is 10.4. The van der Waals surface area contributed by atoms with Crippen LogP contribution < -0.4 is 0 Å². The molecule has 0 saturated heterocycles. The molecule has 0 unspecified atom stereocenters.